The molecule has 0 saturated carbocycles. The summed E-state index contributed by atoms with van der Waals surface area (Å²) < 4.78 is 17.1. The van der Waals surface area contributed by atoms with Crippen molar-refractivity contribution in [3.63, 3.8) is 0 Å². The predicted octanol–water partition coefficient (Wildman–Crippen LogP) is 2.45. The Hall–Kier alpha value is -1.18. The normalized spacial score (nSPS) is 31.5. The first-order valence-electron chi connectivity index (χ1n) is 10.2. The summed E-state index contributed by atoms with van der Waals surface area (Å²) in [5, 5.41) is 7.19. The molecule has 27 heavy (non-hydrogen) atoms. The van der Waals surface area contributed by atoms with Crippen LogP contribution < -0.4 is 10.6 Å². The summed E-state index contributed by atoms with van der Waals surface area (Å²) in [5.41, 5.74) is 0.0825. The molecular formula is C20H31N3O3S. The highest BCUT2D eigenvalue weighted by molar-refractivity contribution is 7.99. The van der Waals surface area contributed by atoms with E-state index in [9.17, 15) is 0 Å². The highest BCUT2D eigenvalue weighted by atomic mass is 32.2. The van der Waals surface area contributed by atoms with Crippen LogP contribution in [0, 0.1) is 5.92 Å². The Balaban J connectivity index is 1.33. The Bertz CT molecular complexity index is 596. The van der Waals surface area contributed by atoms with Gasteiger partial charge in [0, 0.05) is 50.4 Å². The molecule has 0 radical (unpaired) electrons. The Labute approximate surface area is 165 Å². The van der Waals surface area contributed by atoms with E-state index in [1.165, 1.54) is 12.2 Å². The van der Waals surface area contributed by atoms with Gasteiger partial charge in [-0.15, -0.1) is 0 Å². The van der Waals surface area contributed by atoms with Crippen molar-refractivity contribution in [3.05, 3.63) is 24.2 Å². The molecule has 4 heterocycles. The molecule has 2 N–H and O–H groups in total. The molecule has 0 aromatic carbocycles. The average molecular weight is 394 g/mol. The zero-order valence-electron chi connectivity index (χ0n) is 16.0. The molecule has 1 aromatic heterocycles. The van der Waals surface area contributed by atoms with Crippen molar-refractivity contribution < 1.29 is 13.9 Å². The fourth-order valence-electron chi connectivity index (χ4n) is 4.07. The van der Waals surface area contributed by atoms with Gasteiger partial charge >= 0.3 is 0 Å². The Morgan fingerprint density at radius 2 is 2.33 bits per heavy atom. The van der Waals surface area contributed by atoms with Crippen LogP contribution in [0.15, 0.2) is 27.8 Å². The molecule has 7 heteroatoms. The first kappa shape index (κ1) is 19.2. The number of furan rings is 1. The van der Waals surface area contributed by atoms with Crippen molar-refractivity contribution >= 4 is 17.7 Å². The number of hydrogen-bond acceptors (Lipinski definition) is 5. The number of nitrogens with one attached hydrogen (secondary N) is 2. The van der Waals surface area contributed by atoms with Crippen LogP contribution in [0.3, 0.4) is 0 Å². The third-order valence-corrected chi connectivity index (χ3v) is 6.90. The van der Waals surface area contributed by atoms with Crippen LogP contribution in [0.25, 0.3) is 0 Å². The van der Waals surface area contributed by atoms with E-state index in [1.54, 1.807) is 6.26 Å². The van der Waals surface area contributed by atoms with Crippen molar-refractivity contribution in [2.75, 3.05) is 44.4 Å². The molecule has 3 aliphatic heterocycles. The fraction of sp³-hybridized carbons (Fsp3) is 0.750. The number of rotatable bonds is 6. The van der Waals surface area contributed by atoms with Gasteiger partial charge in [0.1, 0.15) is 5.76 Å². The number of aliphatic imine (C=N–C) groups is 1. The topological polar surface area (TPSA) is 68.0 Å². The summed E-state index contributed by atoms with van der Waals surface area (Å²) in [6.07, 6.45) is 6.98. The van der Waals surface area contributed by atoms with Crippen LogP contribution in [-0.4, -0.2) is 62.0 Å². The van der Waals surface area contributed by atoms with Gasteiger partial charge < -0.3 is 24.5 Å². The number of guanidine groups is 1. The van der Waals surface area contributed by atoms with E-state index in [0.29, 0.717) is 12.0 Å². The summed E-state index contributed by atoms with van der Waals surface area (Å²) in [7, 11) is 0. The largest absolute Gasteiger partial charge is 0.469 e. The first-order chi connectivity index (χ1) is 13.3. The average Bonchev–Trinajstić information content (AvgIpc) is 3.43. The van der Waals surface area contributed by atoms with E-state index in [4.69, 9.17) is 18.9 Å². The lowest BCUT2D eigenvalue weighted by Crippen LogP contribution is -2.52. The molecule has 3 unspecified atom stereocenters. The minimum Gasteiger partial charge on any atom is -0.469 e. The van der Waals surface area contributed by atoms with Crippen LogP contribution in [-0.2, 0) is 15.9 Å². The lowest BCUT2D eigenvalue weighted by Gasteiger charge is -2.38. The van der Waals surface area contributed by atoms with E-state index in [1.807, 2.05) is 23.9 Å². The van der Waals surface area contributed by atoms with Gasteiger partial charge in [0.15, 0.2) is 5.96 Å². The molecule has 1 spiro atoms. The molecular weight excluding hydrogens is 362 g/mol. The summed E-state index contributed by atoms with van der Waals surface area (Å²) in [4.78, 5) is 4.87. The minimum absolute atomic E-state index is 0.0825. The fourth-order valence-corrected chi connectivity index (χ4v) is 5.45. The molecule has 0 aliphatic carbocycles. The molecule has 3 atom stereocenters. The van der Waals surface area contributed by atoms with Gasteiger partial charge in [0.25, 0.3) is 0 Å². The molecule has 0 amide bonds. The summed E-state index contributed by atoms with van der Waals surface area (Å²) >= 11 is 2.02. The molecule has 3 fully saturated rings. The predicted molar refractivity (Wildman–Crippen MR) is 108 cm³/mol. The lowest BCUT2D eigenvalue weighted by atomic mass is 9.90. The van der Waals surface area contributed by atoms with Crippen molar-refractivity contribution in [2.45, 2.75) is 43.7 Å². The first-order valence-corrected chi connectivity index (χ1v) is 11.3. The number of ether oxygens (including phenoxy) is 2. The lowest BCUT2D eigenvalue weighted by molar-refractivity contribution is -0.0679. The summed E-state index contributed by atoms with van der Waals surface area (Å²) in [6, 6.07) is 4.37. The van der Waals surface area contributed by atoms with Crippen LogP contribution in [0.1, 0.15) is 31.4 Å². The van der Waals surface area contributed by atoms with Crippen LogP contribution in [0.5, 0.6) is 0 Å². The standard InChI is InChI=1S/C20H31N3O3S/c1-2-18(25-8-1)3-7-21-19(22-13-16-4-9-24-14-16)23-17-5-10-26-20(12-17)6-11-27-15-20/h1-2,8,16-17H,3-7,9-15H2,(H2,21,22,23). The number of thioether (sulfide) groups is 1. The van der Waals surface area contributed by atoms with E-state index in [-0.39, 0.29) is 5.60 Å². The minimum atomic E-state index is 0.0825. The van der Waals surface area contributed by atoms with E-state index in [0.717, 1.165) is 76.1 Å². The summed E-state index contributed by atoms with van der Waals surface area (Å²) in [5.74, 6) is 4.81. The number of hydrogen-bond donors (Lipinski definition) is 2. The van der Waals surface area contributed by atoms with Crippen LogP contribution >= 0.6 is 11.8 Å². The van der Waals surface area contributed by atoms with Crippen molar-refractivity contribution in [3.8, 4) is 0 Å². The molecule has 3 saturated heterocycles. The second kappa shape index (κ2) is 9.34. The van der Waals surface area contributed by atoms with Gasteiger partial charge in [-0.05, 0) is 43.6 Å². The zero-order valence-corrected chi connectivity index (χ0v) is 16.8. The third-order valence-electron chi connectivity index (χ3n) is 5.68. The van der Waals surface area contributed by atoms with E-state index in [2.05, 4.69) is 10.6 Å². The van der Waals surface area contributed by atoms with E-state index < -0.39 is 0 Å². The summed E-state index contributed by atoms with van der Waals surface area (Å²) in [6.45, 7) is 4.18. The second-order valence-corrected chi connectivity index (χ2v) is 8.95. The second-order valence-electron chi connectivity index (χ2n) is 7.84. The van der Waals surface area contributed by atoms with Gasteiger partial charge in [-0.1, -0.05) is 0 Å². The molecule has 150 valence electrons. The van der Waals surface area contributed by atoms with Gasteiger partial charge in [-0.25, -0.2) is 0 Å². The Morgan fingerprint density at radius 1 is 1.33 bits per heavy atom. The van der Waals surface area contributed by atoms with Gasteiger partial charge in [0.2, 0.25) is 0 Å². The molecule has 4 rings (SSSR count). The Morgan fingerprint density at radius 3 is 3.11 bits per heavy atom. The van der Waals surface area contributed by atoms with Crippen molar-refractivity contribution in [2.24, 2.45) is 10.9 Å². The zero-order chi connectivity index (χ0) is 18.4. The Kier molecular flexibility index (Phi) is 6.63. The van der Waals surface area contributed by atoms with Gasteiger partial charge in [-0.2, -0.15) is 11.8 Å². The monoisotopic (exact) mass is 393 g/mol. The SMILES string of the molecule is c1coc(CCNC(=NCC2CCOC2)NC2CCOC3(CCSC3)C2)c1. The highest BCUT2D eigenvalue weighted by Gasteiger charge is 2.40. The molecule has 6 nitrogen and oxygen atoms in total. The van der Waals surface area contributed by atoms with Gasteiger partial charge in [0.05, 0.1) is 18.5 Å². The van der Waals surface area contributed by atoms with Crippen LogP contribution in [0.4, 0.5) is 0 Å². The molecule has 1 aromatic rings. The maximum Gasteiger partial charge on any atom is 0.191 e. The molecule has 3 aliphatic rings. The van der Waals surface area contributed by atoms with Crippen molar-refractivity contribution in [1.82, 2.24) is 10.6 Å². The smallest absolute Gasteiger partial charge is 0.191 e. The number of nitrogens with zero attached hydrogens (tertiary/aromatic N) is 1. The maximum absolute atomic E-state index is 6.16. The van der Waals surface area contributed by atoms with Crippen LogP contribution in [0.2, 0.25) is 0 Å². The van der Waals surface area contributed by atoms with E-state index >= 15 is 0 Å². The third kappa shape index (κ3) is 5.42. The maximum atomic E-state index is 6.16. The molecule has 0 bridgehead atoms. The van der Waals surface area contributed by atoms with Crippen molar-refractivity contribution in [1.29, 1.82) is 0 Å². The van der Waals surface area contributed by atoms with Gasteiger partial charge in [-0.3, -0.25) is 4.99 Å². The quantitative estimate of drug-likeness (QED) is 0.572. The highest BCUT2D eigenvalue weighted by Crippen LogP contribution is 2.38.